The second kappa shape index (κ2) is 10.9. The topological polar surface area (TPSA) is 46.2 Å². The van der Waals surface area contributed by atoms with Crippen molar-refractivity contribution in [3.8, 4) is 0 Å². The number of methoxy groups -OCH3 is 2. The van der Waals surface area contributed by atoms with E-state index in [2.05, 4.69) is 46.8 Å². The van der Waals surface area contributed by atoms with Gasteiger partial charge in [0.1, 0.15) is 6.79 Å². The van der Waals surface area contributed by atoms with Crippen LogP contribution in [-0.4, -0.2) is 50.4 Å². The highest BCUT2D eigenvalue weighted by Crippen LogP contribution is 2.59. The highest BCUT2D eigenvalue weighted by atomic mass is 79.9. The van der Waals surface area contributed by atoms with E-state index in [1.807, 2.05) is 13.2 Å². The molecular formula is C29H41BrO5. The summed E-state index contributed by atoms with van der Waals surface area (Å²) in [6.45, 7) is 6.23. The molecule has 4 aliphatic rings. The lowest BCUT2D eigenvalue weighted by atomic mass is 9.57. The highest BCUT2D eigenvalue weighted by Gasteiger charge is 2.61. The molecule has 0 spiro atoms. The van der Waals surface area contributed by atoms with E-state index in [0.717, 1.165) is 32.1 Å². The first-order chi connectivity index (χ1) is 17.0. The van der Waals surface area contributed by atoms with E-state index in [9.17, 15) is 0 Å². The highest BCUT2D eigenvalue weighted by molar-refractivity contribution is 9.09. The maximum absolute atomic E-state index is 6.96. The number of rotatable bonds is 10. The van der Waals surface area contributed by atoms with Crippen molar-refractivity contribution in [3.63, 3.8) is 0 Å². The average molecular weight is 550 g/mol. The van der Waals surface area contributed by atoms with E-state index in [1.54, 1.807) is 7.11 Å². The lowest BCUT2D eigenvalue weighted by Gasteiger charge is -2.53. The third-order valence-electron chi connectivity index (χ3n) is 9.32. The van der Waals surface area contributed by atoms with Crippen molar-refractivity contribution in [1.82, 2.24) is 0 Å². The van der Waals surface area contributed by atoms with Gasteiger partial charge in [0.25, 0.3) is 0 Å². The van der Waals surface area contributed by atoms with Gasteiger partial charge >= 0.3 is 0 Å². The minimum absolute atomic E-state index is 0.00257. The minimum Gasteiger partial charge on any atom is -0.374 e. The van der Waals surface area contributed by atoms with Gasteiger partial charge in [0, 0.05) is 25.6 Å². The monoisotopic (exact) mass is 548 g/mol. The molecule has 0 heterocycles. The van der Waals surface area contributed by atoms with Crippen LogP contribution in [0.15, 0.2) is 42.5 Å². The summed E-state index contributed by atoms with van der Waals surface area (Å²) in [6.07, 6.45) is 8.93. The van der Waals surface area contributed by atoms with E-state index in [-0.39, 0.29) is 22.5 Å². The summed E-state index contributed by atoms with van der Waals surface area (Å²) in [4.78, 5) is 0.247. The van der Waals surface area contributed by atoms with E-state index in [1.165, 1.54) is 30.4 Å². The standard InChI is InChI=1S/C29H41BrO5/c1-20-16-28(18-33-19-31-2)12-11-25(34-17-21-7-5-4-6-8-21)14-24(28)15-26(20)35-29(32-3)23-10-9-22(13-23)27(29)30/h4-8,22-27H,1,9-19H2,2-3H3/t22?,23?,24-,25+,26-,27+,28-,29+/m1/s1. The van der Waals surface area contributed by atoms with Crippen LogP contribution in [0, 0.1) is 23.2 Å². The number of hydrogen-bond donors (Lipinski definition) is 0. The average Bonchev–Trinajstić information content (AvgIpc) is 3.46. The van der Waals surface area contributed by atoms with Gasteiger partial charge in [-0.1, -0.05) is 52.8 Å². The van der Waals surface area contributed by atoms with Gasteiger partial charge in [-0.25, -0.2) is 0 Å². The molecule has 4 fully saturated rings. The molecule has 0 radical (unpaired) electrons. The van der Waals surface area contributed by atoms with Crippen molar-refractivity contribution in [1.29, 1.82) is 0 Å². The van der Waals surface area contributed by atoms with Crippen molar-refractivity contribution in [2.75, 3.05) is 27.6 Å². The Balaban J connectivity index is 1.30. The van der Waals surface area contributed by atoms with E-state index in [0.29, 0.717) is 37.8 Å². The van der Waals surface area contributed by atoms with Gasteiger partial charge in [-0.15, -0.1) is 0 Å². The molecule has 5 nitrogen and oxygen atoms in total. The zero-order chi connectivity index (χ0) is 24.5. The summed E-state index contributed by atoms with van der Waals surface area (Å²) in [7, 11) is 3.50. The molecule has 1 aromatic carbocycles. The predicted octanol–water partition coefficient (Wildman–Crippen LogP) is 6.25. The molecule has 1 aromatic rings. The van der Waals surface area contributed by atoms with Crippen LogP contribution in [0.4, 0.5) is 0 Å². The molecule has 0 N–H and O–H groups in total. The first kappa shape index (κ1) is 25.9. The van der Waals surface area contributed by atoms with Crippen LogP contribution in [0.25, 0.3) is 0 Å². The largest absolute Gasteiger partial charge is 0.374 e. The summed E-state index contributed by atoms with van der Waals surface area (Å²) in [5, 5.41) is 0. The molecule has 2 bridgehead atoms. The Morgan fingerprint density at radius 2 is 1.86 bits per heavy atom. The number of alkyl halides is 1. The summed E-state index contributed by atoms with van der Waals surface area (Å²) in [5.41, 5.74) is 2.49. The van der Waals surface area contributed by atoms with Crippen molar-refractivity contribution in [2.45, 2.75) is 80.8 Å². The SMILES string of the molecule is C=C1C[C@@]2(COCOC)CC[C@H](OCc3ccccc3)C[C@@H]2C[C@H]1O[C@@]1(OC)C2CCC(C2)[C@@H]1Br. The van der Waals surface area contributed by atoms with Gasteiger partial charge in [0.2, 0.25) is 0 Å². The zero-order valence-electron chi connectivity index (χ0n) is 21.3. The fourth-order valence-corrected chi connectivity index (χ4v) is 8.61. The van der Waals surface area contributed by atoms with Crippen molar-refractivity contribution in [3.05, 3.63) is 48.0 Å². The Kier molecular flexibility index (Phi) is 8.07. The van der Waals surface area contributed by atoms with Crippen molar-refractivity contribution >= 4 is 15.9 Å². The summed E-state index contributed by atoms with van der Waals surface area (Å²) in [5.74, 6) is 1.01. The third kappa shape index (κ3) is 5.04. The molecule has 0 aromatic heterocycles. The molecule has 2 unspecified atom stereocenters. The maximum atomic E-state index is 6.96. The Morgan fingerprint density at radius 3 is 2.57 bits per heavy atom. The van der Waals surface area contributed by atoms with Crippen LogP contribution in [-0.2, 0) is 30.3 Å². The molecule has 5 rings (SSSR count). The molecule has 4 saturated carbocycles. The number of ether oxygens (including phenoxy) is 5. The van der Waals surface area contributed by atoms with Gasteiger partial charge in [0.05, 0.1) is 30.2 Å². The van der Waals surface area contributed by atoms with Crippen molar-refractivity contribution < 1.29 is 23.7 Å². The van der Waals surface area contributed by atoms with E-state index < -0.39 is 5.79 Å². The molecule has 0 aliphatic heterocycles. The molecule has 0 amide bonds. The second-order valence-electron chi connectivity index (χ2n) is 11.3. The molecule has 6 heteroatoms. The third-order valence-corrected chi connectivity index (χ3v) is 10.7. The van der Waals surface area contributed by atoms with Crippen LogP contribution in [0.5, 0.6) is 0 Å². The number of hydrogen-bond acceptors (Lipinski definition) is 5. The van der Waals surface area contributed by atoms with Crippen LogP contribution >= 0.6 is 15.9 Å². The molecule has 8 atom stereocenters. The van der Waals surface area contributed by atoms with Gasteiger partial charge in [-0.05, 0) is 74.3 Å². The lowest BCUT2D eigenvalue weighted by molar-refractivity contribution is -0.269. The fraction of sp³-hybridized carbons (Fsp3) is 0.724. The normalized spacial score (nSPS) is 40.7. The van der Waals surface area contributed by atoms with E-state index in [4.69, 9.17) is 23.7 Å². The molecule has 35 heavy (non-hydrogen) atoms. The number of benzene rings is 1. The Labute approximate surface area is 219 Å². The molecular weight excluding hydrogens is 508 g/mol. The Morgan fingerprint density at radius 1 is 1.03 bits per heavy atom. The summed E-state index contributed by atoms with van der Waals surface area (Å²) in [6, 6.07) is 10.5. The first-order valence-corrected chi connectivity index (χ1v) is 14.2. The molecule has 4 aliphatic carbocycles. The van der Waals surface area contributed by atoms with E-state index >= 15 is 0 Å². The quantitative estimate of drug-likeness (QED) is 0.149. The minimum atomic E-state index is -0.541. The smallest absolute Gasteiger partial charge is 0.184 e. The summed E-state index contributed by atoms with van der Waals surface area (Å²) >= 11 is 3.97. The Bertz CT molecular complexity index is 860. The predicted molar refractivity (Wildman–Crippen MR) is 139 cm³/mol. The van der Waals surface area contributed by atoms with Gasteiger partial charge in [-0.3, -0.25) is 0 Å². The van der Waals surface area contributed by atoms with Crippen LogP contribution in [0.3, 0.4) is 0 Å². The van der Waals surface area contributed by atoms with Gasteiger partial charge in [0.15, 0.2) is 5.79 Å². The molecule has 0 saturated heterocycles. The fourth-order valence-electron chi connectivity index (χ4n) is 7.46. The number of fused-ring (bicyclic) bond motifs is 3. The van der Waals surface area contributed by atoms with Crippen LogP contribution < -0.4 is 0 Å². The van der Waals surface area contributed by atoms with Gasteiger partial charge in [-0.2, -0.15) is 0 Å². The Hall–Kier alpha value is -0.760. The second-order valence-corrected chi connectivity index (χ2v) is 12.3. The first-order valence-electron chi connectivity index (χ1n) is 13.3. The molecule has 194 valence electrons. The lowest BCUT2D eigenvalue weighted by Crippen LogP contribution is -2.54. The number of halogens is 1. The zero-order valence-corrected chi connectivity index (χ0v) is 22.8. The van der Waals surface area contributed by atoms with Crippen LogP contribution in [0.2, 0.25) is 0 Å². The van der Waals surface area contributed by atoms with Crippen molar-refractivity contribution in [2.24, 2.45) is 23.2 Å². The summed E-state index contributed by atoms with van der Waals surface area (Å²) < 4.78 is 30.7. The maximum Gasteiger partial charge on any atom is 0.184 e. The van der Waals surface area contributed by atoms with Gasteiger partial charge < -0.3 is 23.7 Å². The van der Waals surface area contributed by atoms with Crippen LogP contribution in [0.1, 0.15) is 56.9 Å².